The average Bonchev–Trinajstić information content (AvgIpc) is 2.14. The third-order valence-corrected chi connectivity index (χ3v) is 2.00. The molecule has 0 aromatic carbocycles. The van der Waals surface area contributed by atoms with Gasteiger partial charge in [-0.25, -0.2) is 5.10 Å². The summed E-state index contributed by atoms with van der Waals surface area (Å²) in [5, 5.41) is 7.03. The fourth-order valence-electron chi connectivity index (χ4n) is 0.488. The summed E-state index contributed by atoms with van der Waals surface area (Å²) in [6.45, 7) is 4.01. The lowest BCUT2D eigenvalue weighted by Gasteiger charge is -1.92. The first-order valence-corrected chi connectivity index (χ1v) is 3.57. The van der Waals surface area contributed by atoms with Crippen LogP contribution >= 0.6 is 11.3 Å². The van der Waals surface area contributed by atoms with Crippen LogP contribution in [0.25, 0.3) is 0 Å². The van der Waals surface area contributed by atoms with Crippen LogP contribution in [-0.2, 0) is 0 Å². The van der Waals surface area contributed by atoms with Gasteiger partial charge in [-0.05, 0) is 0 Å². The minimum absolute atomic E-state index is 0. The molecule has 0 fully saturated rings. The van der Waals surface area contributed by atoms with Crippen molar-refractivity contribution < 1.29 is 1.43 Å². The van der Waals surface area contributed by atoms with Gasteiger partial charge in [-0.2, -0.15) is 5.10 Å². The van der Waals surface area contributed by atoms with Gasteiger partial charge in [0.2, 0.25) is 0 Å². The molecule has 0 spiro atoms. The largest absolute Gasteiger partial charge is 0.322 e. The molecule has 0 saturated heterocycles. The van der Waals surface area contributed by atoms with Gasteiger partial charge < -0.3 is 0 Å². The van der Waals surface area contributed by atoms with Gasteiger partial charge in [0.1, 0.15) is 5.01 Å². The van der Waals surface area contributed by atoms with Crippen molar-refractivity contribution in [1.82, 2.24) is 10.2 Å². The molecule has 0 amide bonds. The number of hydrogen-bond acceptors (Lipinski definition) is 3. The lowest BCUT2D eigenvalue weighted by Crippen LogP contribution is -1.90. The summed E-state index contributed by atoms with van der Waals surface area (Å²) in [6.07, 6.45) is 0. The summed E-state index contributed by atoms with van der Waals surface area (Å²) < 4.78 is 0. The predicted octanol–water partition coefficient (Wildman–Crippen LogP) is 1.20. The maximum Gasteiger partial charge on any atom is 0.322 e. The van der Waals surface area contributed by atoms with Crippen LogP contribution in [0.2, 0.25) is 0 Å². The van der Waals surface area contributed by atoms with E-state index in [9.17, 15) is 4.79 Å². The molecule has 1 heterocycles. The van der Waals surface area contributed by atoms with Crippen LogP contribution in [0, 0.1) is 0 Å². The summed E-state index contributed by atoms with van der Waals surface area (Å²) in [5.41, 5.74) is 0. The highest BCUT2D eigenvalue weighted by atomic mass is 32.1. The summed E-state index contributed by atoms with van der Waals surface area (Å²) in [6, 6.07) is 0. The molecule has 1 rings (SSSR count). The molecule has 9 heavy (non-hydrogen) atoms. The molecule has 0 saturated carbocycles. The molecule has 0 aliphatic heterocycles. The van der Waals surface area contributed by atoms with Crippen LogP contribution in [0.5, 0.6) is 0 Å². The Hall–Kier alpha value is -0.640. The molecule has 0 unspecified atom stereocenters. The Morgan fingerprint density at radius 3 is 2.67 bits per heavy atom. The number of H-pyrrole nitrogens is 1. The molecule has 52 valence electrons. The van der Waals surface area contributed by atoms with Gasteiger partial charge in [-0.1, -0.05) is 25.2 Å². The molecule has 0 aliphatic carbocycles. The molecule has 0 atom stereocenters. The van der Waals surface area contributed by atoms with E-state index in [0.29, 0.717) is 5.92 Å². The second-order valence-electron chi connectivity index (χ2n) is 2.11. The Labute approximate surface area is 58.2 Å². The second kappa shape index (κ2) is 2.31. The Kier molecular flexibility index (Phi) is 1.66. The van der Waals surface area contributed by atoms with E-state index in [4.69, 9.17) is 0 Å². The van der Waals surface area contributed by atoms with Crippen molar-refractivity contribution in [2.24, 2.45) is 0 Å². The topological polar surface area (TPSA) is 45.8 Å². The lowest BCUT2D eigenvalue weighted by molar-refractivity contribution is 0.822. The molecule has 1 aromatic heterocycles. The fraction of sp³-hybridized carbons (Fsp3) is 0.600. The third-order valence-electron chi connectivity index (χ3n) is 0.949. The van der Waals surface area contributed by atoms with E-state index >= 15 is 0 Å². The molecular formula is C5H10N2OS. The Balaban J connectivity index is 0.000000810. The van der Waals surface area contributed by atoms with Crippen molar-refractivity contribution >= 4 is 11.3 Å². The Bertz CT molecular complexity index is 242. The van der Waals surface area contributed by atoms with Gasteiger partial charge in [0.25, 0.3) is 0 Å². The molecule has 4 heteroatoms. The Morgan fingerprint density at radius 1 is 1.78 bits per heavy atom. The van der Waals surface area contributed by atoms with Gasteiger partial charge in [-0.3, -0.25) is 4.79 Å². The van der Waals surface area contributed by atoms with Crippen molar-refractivity contribution in [3.8, 4) is 0 Å². The van der Waals surface area contributed by atoms with E-state index < -0.39 is 0 Å². The molecule has 3 nitrogen and oxygen atoms in total. The first-order valence-electron chi connectivity index (χ1n) is 2.75. The third kappa shape index (κ3) is 1.38. The standard InChI is InChI=1S/C5H8N2OS.H2/c1-3(2)4-6-7-5(8)9-4;/h3H,1-2H3,(H,7,8);1H. The predicted molar refractivity (Wildman–Crippen MR) is 38.9 cm³/mol. The zero-order valence-corrected chi connectivity index (χ0v) is 6.16. The van der Waals surface area contributed by atoms with Crippen LogP contribution in [0.3, 0.4) is 0 Å². The second-order valence-corrected chi connectivity index (χ2v) is 3.10. The minimum Gasteiger partial charge on any atom is -0.255 e. The van der Waals surface area contributed by atoms with E-state index in [1.54, 1.807) is 0 Å². The van der Waals surface area contributed by atoms with Gasteiger partial charge in [0.05, 0.1) is 0 Å². The van der Waals surface area contributed by atoms with Crippen LogP contribution < -0.4 is 4.87 Å². The normalized spacial score (nSPS) is 10.6. The zero-order valence-electron chi connectivity index (χ0n) is 5.34. The first-order chi connectivity index (χ1) is 4.20. The lowest BCUT2D eigenvalue weighted by atomic mass is 10.2. The smallest absolute Gasteiger partial charge is 0.255 e. The van der Waals surface area contributed by atoms with Crippen molar-refractivity contribution in [1.29, 1.82) is 0 Å². The van der Waals surface area contributed by atoms with Crippen LogP contribution in [0.15, 0.2) is 4.79 Å². The van der Waals surface area contributed by atoms with E-state index in [0.717, 1.165) is 5.01 Å². The van der Waals surface area contributed by atoms with Crippen molar-refractivity contribution in [3.63, 3.8) is 0 Å². The summed E-state index contributed by atoms with van der Waals surface area (Å²) in [7, 11) is 0. The van der Waals surface area contributed by atoms with Crippen LogP contribution in [-0.4, -0.2) is 10.2 Å². The van der Waals surface area contributed by atoms with Gasteiger partial charge in [0.15, 0.2) is 0 Å². The number of aromatic nitrogens is 2. The number of nitrogens with zero attached hydrogens (tertiary/aromatic N) is 1. The number of nitrogens with one attached hydrogen (secondary N) is 1. The fourth-order valence-corrected chi connectivity index (χ4v) is 1.10. The van der Waals surface area contributed by atoms with Crippen molar-refractivity contribution in [3.05, 3.63) is 14.7 Å². The SMILES string of the molecule is CC(C)c1n[nH]c(=O)s1.[HH]. The maximum atomic E-state index is 10.5. The monoisotopic (exact) mass is 146 g/mol. The maximum absolute atomic E-state index is 10.5. The first kappa shape index (κ1) is 6.48. The van der Waals surface area contributed by atoms with Crippen molar-refractivity contribution in [2.75, 3.05) is 0 Å². The number of aromatic amines is 1. The average molecular weight is 146 g/mol. The number of hydrogen-bond donors (Lipinski definition) is 1. The summed E-state index contributed by atoms with van der Waals surface area (Å²) in [4.78, 5) is 10.4. The highest BCUT2D eigenvalue weighted by molar-refractivity contribution is 7.08. The molecule has 1 N–H and O–H groups in total. The molecular weight excluding hydrogens is 136 g/mol. The quantitative estimate of drug-likeness (QED) is 0.647. The molecule has 0 bridgehead atoms. The number of rotatable bonds is 1. The molecule has 0 radical (unpaired) electrons. The van der Waals surface area contributed by atoms with E-state index in [-0.39, 0.29) is 6.30 Å². The summed E-state index contributed by atoms with van der Waals surface area (Å²) in [5.74, 6) is 0.356. The van der Waals surface area contributed by atoms with Gasteiger partial charge in [0, 0.05) is 7.34 Å². The molecule has 1 aromatic rings. The van der Waals surface area contributed by atoms with E-state index in [2.05, 4.69) is 10.2 Å². The van der Waals surface area contributed by atoms with Gasteiger partial charge in [-0.15, -0.1) is 0 Å². The highest BCUT2D eigenvalue weighted by Crippen LogP contribution is 2.11. The Morgan fingerprint density at radius 2 is 2.44 bits per heavy atom. The van der Waals surface area contributed by atoms with E-state index in [1.807, 2.05) is 13.8 Å². The van der Waals surface area contributed by atoms with Crippen LogP contribution in [0.1, 0.15) is 26.2 Å². The summed E-state index contributed by atoms with van der Waals surface area (Å²) >= 11 is 1.17. The van der Waals surface area contributed by atoms with Crippen molar-refractivity contribution in [2.45, 2.75) is 19.8 Å². The molecule has 0 aliphatic rings. The minimum atomic E-state index is -0.0706. The van der Waals surface area contributed by atoms with Crippen LogP contribution in [0.4, 0.5) is 0 Å². The van der Waals surface area contributed by atoms with Gasteiger partial charge >= 0.3 is 4.87 Å². The van der Waals surface area contributed by atoms with E-state index in [1.165, 1.54) is 11.3 Å². The highest BCUT2D eigenvalue weighted by Gasteiger charge is 2.02. The zero-order chi connectivity index (χ0) is 6.85.